The van der Waals surface area contributed by atoms with Crippen LogP contribution in [0.3, 0.4) is 0 Å². The van der Waals surface area contributed by atoms with Crippen molar-refractivity contribution in [1.29, 1.82) is 0 Å². The van der Waals surface area contributed by atoms with Crippen LogP contribution in [0.4, 0.5) is 5.69 Å². The van der Waals surface area contributed by atoms with Gasteiger partial charge in [0.25, 0.3) is 0 Å². The van der Waals surface area contributed by atoms with Gasteiger partial charge in [-0.25, -0.2) is 4.79 Å². The Morgan fingerprint density at radius 1 is 1.45 bits per heavy atom. The lowest BCUT2D eigenvalue weighted by atomic mass is 10.1. The average molecular weight is 277 g/mol. The van der Waals surface area contributed by atoms with Gasteiger partial charge in [-0.15, -0.1) is 0 Å². The molecular formula is C15H23N3O2. The number of carboxylic acids is 1. The molecule has 2 N–H and O–H groups in total. The lowest BCUT2D eigenvalue weighted by Crippen LogP contribution is -2.41. The summed E-state index contributed by atoms with van der Waals surface area (Å²) in [6, 6.07) is 2.21. The van der Waals surface area contributed by atoms with E-state index < -0.39 is 5.97 Å². The van der Waals surface area contributed by atoms with E-state index in [0.717, 1.165) is 25.3 Å². The van der Waals surface area contributed by atoms with Gasteiger partial charge >= 0.3 is 5.97 Å². The molecule has 0 radical (unpaired) electrons. The maximum atomic E-state index is 11.2. The van der Waals surface area contributed by atoms with Crippen LogP contribution in [-0.2, 0) is 0 Å². The van der Waals surface area contributed by atoms with Gasteiger partial charge in [0.1, 0.15) is 5.56 Å². The highest BCUT2D eigenvalue weighted by Gasteiger charge is 2.17. The summed E-state index contributed by atoms with van der Waals surface area (Å²) in [7, 11) is 0. The topological polar surface area (TPSA) is 65.5 Å². The number of hydrogen-bond donors (Lipinski definition) is 2. The van der Waals surface area contributed by atoms with E-state index in [4.69, 9.17) is 0 Å². The SMILES string of the molecule is Cc1cc(NCC(C)N2CCCCC2)c(C(=O)O)cn1. The lowest BCUT2D eigenvalue weighted by molar-refractivity contribution is 0.0697. The summed E-state index contributed by atoms with van der Waals surface area (Å²) in [5, 5.41) is 12.5. The Hall–Kier alpha value is -1.62. The number of rotatable bonds is 5. The van der Waals surface area contributed by atoms with Gasteiger partial charge in [0.15, 0.2) is 0 Å². The first kappa shape index (κ1) is 14.8. The Bertz CT molecular complexity index is 470. The minimum absolute atomic E-state index is 0.237. The van der Waals surface area contributed by atoms with Crippen LogP contribution in [0.2, 0.25) is 0 Å². The molecule has 0 aliphatic carbocycles. The summed E-state index contributed by atoms with van der Waals surface area (Å²) in [4.78, 5) is 17.7. The fourth-order valence-corrected chi connectivity index (χ4v) is 2.62. The van der Waals surface area contributed by atoms with Crippen molar-refractivity contribution in [1.82, 2.24) is 9.88 Å². The number of aryl methyl sites for hydroxylation is 1. The molecule has 0 spiro atoms. The van der Waals surface area contributed by atoms with Crippen LogP contribution in [0, 0.1) is 6.92 Å². The average Bonchev–Trinajstić information content (AvgIpc) is 2.45. The fourth-order valence-electron chi connectivity index (χ4n) is 2.62. The van der Waals surface area contributed by atoms with Crippen molar-refractivity contribution < 1.29 is 9.90 Å². The number of aromatic carboxylic acids is 1. The quantitative estimate of drug-likeness (QED) is 0.865. The maximum absolute atomic E-state index is 11.2. The summed E-state index contributed by atoms with van der Waals surface area (Å²) in [6.07, 6.45) is 5.27. The minimum Gasteiger partial charge on any atom is -0.478 e. The molecule has 0 saturated carbocycles. The van der Waals surface area contributed by atoms with E-state index in [1.807, 2.05) is 6.92 Å². The molecule has 110 valence electrons. The first-order chi connectivity index (χ1) is 9.58. The normalized spacial score (nSPS) is 17.7. The molecule has 1 unspecified atom stereocenters. The Labute approximate surface area is 120 Å². The number of likely N-dealkylation sites (tertiary alicyclic amines) is 1. The number of hydrogen-bond acceptors (Lipinski definition) is 4. The molecule has 1 aliphatic rings. The second-order valence-corrected chi connectivity index (χ2v) is 5.50. The molecule has 5 heteroatoms. The number of nitrogens with zero attached hydrogens (tertiary/aromatic N) is 2. The number of nitrogens with one attached hydrogen (secondary N) is 1. The zero-order chi connectivity index (χ0) is 14.5. The predicted octanol–water partition coefficient (Wildman–Crippen LogP) is 2.37. The van der Waals surface area contributed by atoms with Crippen molar-refractivity contribution in [3.63, 3.8) is 0 Å². The molecule has 2 heterocycles. The van der Waals surface area contributed by atoms with Crippen LogP contribution < -0.4 is 5.32 Å². The third kappa shape index (κ3) is 3.70. The molecule has 1 saturated heterocycles. The zero-order valence-corrected chi connectivity index (χ0v) is 12.2. The summed E-state index contributed by atoms with van der Waals surface area (Å²) >= 11 is 0. The number of aromatic nitrogens is 1. The summed E-state index contributed by atoms with van der Waals surface area (Å²) in [5.41, 5.74) is 1.72. The molecule has 1 aromatic rings. The predicted molar refractivity (Wildman–Crippen MR) is 79.3 cm³/mol. The van der Waals surface area contributed by atoms with Gasteiger partial charge in [-0.2, -0.15) is 0 Å². The van der Waals surface area contributed by atoms with Crippen molar-refractivity contribution in [3.05, 3.63) is 23.5 Å². The molecule has 1 atom stereocenters. The van der Waals surface area contributed by atoms with E-state index in [9.17, 15) is 9.90 Å². The van der Waals surface area contributed by atoms with E-state index in [-0.39, 0.29) is 5.56 Å². The summed E-state index contributed by atoms with van der Waals surface area (Å²) < 4.78 is 0. The van der Waals surface area contributed by atoms with E-state index >= 15 is 0 Å². The Morgan fingerprint density at radius 3 is 2.80 bits per heavy atom. The maximum Gasteiger partial charge on any atom is 0.339 e. The van der Waals surface area contributed by atoms with Gasteiger partial charge in [-0.05, 0) is 45.8 Å². The molecular weight excluding hydrogens is 254 g/mol. The van der Waals surface area contributed by atoms with Crippen LogP contribution >= 0.6 is 0 Å². The van der Waals surface area contributed by atoms with Gasteiger partial charge in [0, 0.05) is 24.5 Å². The number of carbonyl (C=O) groups is 1. The van der Waals surface area contributed by atoms with Gasteiger partial charge in [0.2, 0.25) is 0 Å². The highest BCUT2D eigenvalue weighted by Crippen LogP contribution is 2.17. The highest BCUT2D eigenvalue weighted by atomic mass is 16.4. The minimum atomic E-state index is -0.939. The monoisotopic (exact) mass is 277 g/mol. The van der Waals surface area contributed by atoms with Crippen molar-refractivity contribution in [2.24, 2.45) is 0 Å². The van der Waals surface area contributed by atoms with Crippen LogP contribution in [0.5, 0.6) is 0 Å². The van der Waals surface area contributed by atoms with E-state index in [1.165, 1.54) is 25.5 Å². The van der Waals surface area contributed by atoms with Crippen molar-refractivity contribution in [3.8, 4) is 0 Å². The smallest absolute Gasteiger partial charge is 0.339 e. The number of carboxylic acid groups (broad SMARTS) is 1. The van der Waals surface area contributed by atoms with Crippen molar-refractivity contribution in [2.45, 2.75) is 39.2 Å². The molecule has 20 heavy (non-hydrogen) atoms. The molecule has 0 bridgehead atoms. The summed E-state index contributed by atoms with van der Waals surface area (Å²) in [6.45, 7) is 7.09. The largest absolute Gasteiger partial charge is 0.478 e. The molecule has 1 aromatic heterocycles. The Morgan fingerprint density at radius 2 is 2.15 bits per heavy atom. The van der Waals surface area contributed by atoms with E-state index in [2.05, 4.69) is 22.1 Å². The van der Waals surface area contributed by atoms with Crippen LogP contribution in [0.15, 0.2) is 12.3 Å². The summed E-state index contributed by atoms with van der Waals surface area (Å²) in [5.74, 6) is -0.939. The van der Waals surface area contributed by atoms with Gasteiger partial charge in [-0.3, -0.25) is 9.88 Å². The number of anilines is 1. The molecule has 0 amide bonds. The first-order valence-corrected chi connectivity index (χ1v) is 7.26. The highest BCUT2D eigenvalue weighted by molar-refractivity contribution is 5.93. The molecule has 1 fully saturated rings. The second kappa shape index (κ2) is 6.70. The van der Waals surface area contributed by atoms with Crippen molar-refractivity contribution >= 4 is 11.7 Å². The van der Waals surface area contributed by atoms with Gasteiger partial charge in [0.05, 0.1) is 5.69 Å². The zero-order valence-electron chi connectivity index (χ0n) is 12.2. The lowest BCUT2D eigenvalue weighted by Gasteiger charge is -2.32. The number of piperidine rings is 1. The first-order valence-electron chi connectivity index (χ1n) is 7.26. The third-order valence-electron chi connectivity index (χ3n) is 3.87. The van der Waals surface area contributed by atoms with Crippen molar-refractivity contribution in [2.75, 3.05) is 25.0 Å². The van der Waals surface area contributed by atoms with Gasteiger partial charge < -0.3 is 10.4 Å². The van der Waals surface area contributed by atoms with Crippen LogP contribution in [0.1, 0.15) is 42.2 Å². The fraction of sp³-hybridized carbons (Fsp3) is 0.600. The van der Waals surface area contributed by atoms with Gasteiger partial charge in [-0.1, -0.05) is 6.42 Å². The van der Waals surface area contributed by atoms with Crippen LogP contribution in [0.25, 0.3) is 0 Å². The van der Waals surface area contributed by atoms with E-state index in [0.29, 0.717) is 11.7 Å². The second-order valence-electron chi connectivity index (χ2n) is 5.50. The molecule has 1 aliphatic heterocycles. The molecule has 0 aromatic carbocycles. The standard InChI is InChI=1S/C15H23N3O2/c1-11-8-14(13(10-16-11)15(19)20)17-9-12(2)18-6-4-3-5-7-18/h8,10,12H,3-7,9H2,1-2H3,(H,16,17)(H,19,20). The Kier molecular flexibility index (Phi) is 4.95. The Balaban J connectivity index is 1.99. The number of pyridine rings is 1. The third-order valence-corrected chi connectivity index (χ3v) is 3.87. The molecule has 5 nitrogen and oxygen atoms in total. The molecule has 2 rings (SSSR count). The van der Waals surface area contributed by atoms with E-state index in [1.54, 1.807) is 6.07 Å². The van der Waals surface area contributed by atoms with Crippen LogP contribution in [-0.4, -0.2) is 46.6 Å².